The number of alkyl halides is 3. The van der Waals surface area contributed by atoms with Gasteiger partial charge >= 0.3 is 6.18 Å². The molecule has 0 saturated heterocycles. The first-order chi connectivity index (χ1) is 12.3. The number of carbonyl (C=O) groups is 1. The summed E-state index contributed by atoms with van der Waals surface area (Å²) in [6, 6.07) is 0.907. The molecule has 140 valence electrons. The number of amides is 1. The molecule has 0 fully saturated rings. The largest absolute Gasteiger partial charge is 0.433 e. The number of halogens is 3. The van der Waals surface area contributed by atoms with Crippen LogP contribution in [0, 0.1) is 6.92 Å². The topological polar surface area (TPSA) is 72.7 Å². The molecule has 0 unspecified atom stereocenters. The Hall–Kier alpha value is -2.45. The smallest absolute Gasteiger partial charge is 0.350 e. The van der Waals surface area contributed by atoms with E-state index in [4.69, 9.17) is 0 Å². The minimum absolute atomic E-state index is 0.0599. The van der Waals surface area contributed by atoms with Crippen LogP contribution in [-0.2, 0) is 32.5 Å². The maximum absolute atomic E-state index is 12.8. The molecule has 26 heavy (non-hydrogen) atoms. The number of rotatable bonds is 4. The van der Waals surface area contributed by atoms with Crippen molar-refractivity contribution in [1.29, 1.82) is 0 Å². The minimum Gasteiger partial charge on any atom is -0.350 e. The van der Waals surface area contributed by atoms with Crippen LogP contribution in [0.25, 0.3) is 0 Å². The second-order valence-electron chi connectivity index (χ2n) is 6.42. The predicted octanol–water partition coefficient (Wildman–Crippen LogP) is 2.39. The number of aromatic nitrogens is 4. The molecular formula is C17H20F3N5O. The molecule has 1 aliphatic carbocycles. The highest BCUT2D eigenvalue weighted by Crippen LogP contribution is 2.28. The number of carbonyl (C=O) groups excluding carboxylic acids is 1. The molecule has 0 atom stereocenters. The molecular weight excluding hydrogens is 347 g/mol. The fraction of sp³-hybridized carbons (Fsp3) is 0.529. The van der Waals surface area contributed by atoms with Gasteiger partial charge in [0.05, 0.1) is 5.69 Å². The van der Waals surface area contributed by atoms with Gasteiger partial charge in [-0.1, -0.05) is 0 Å². The van der Waals surface area contributed by atoms with E-state index < -0.39 is 11.9 Å². The van der Waals surface area contributed by atoms with E-state index in [1.165, 1.54) is 6.92 Å². The second kappa shape index (κ2) is 7.05. The molecule has 0 spiro atoms. The second-order valence-corrected chi connectivity index (χ2v) is 6.42. The molecule has 0 aliphatic heterocycles. The zero-order chi connectivity index (χ0) is 18.9. The van der Waals surface area contributed by atoms with Gasteiger partial charge in [-0.15, -0.1) is 0 Å². The zero-order valence-electron chi connectivity index (χ0n) is 14.7. The Kier molecular flexibility index (Phi) is 4.97. The molecule has 6 nitrogen and oxygen atoms in total. The summed E-state index contributed by atoms with van der Waals surface area (Å²) >= 11 is 0. The lowest BCUT2D eigenvalue weighted by molar-refractivity contribution is -0.141. The first-order valence-corrected chi connectivity index (χ1v) is 8.50. The zero-order valence-corrected chi connectivity index (χ0v) is 14.7. The van der Waals surface area contributed by atoms with Gasteiger partial charge in [-0.25, -0.2) is 9.97 Å². The summed E-state index contributed by atoms with van der Waals surface area (Å²) in [6.45, 7) is 1.64. The Balaban J connectivity index is 1.67. The highest BCUT2D eigenvalue weighted by molar-refractivity contribution is 5.94. The maximum atomic E-state index is 12.8. The molecule has 2 heterocycles. The van der Waals surface area contributed by atoms with Crippen LogP contribution in [-0.4, -0.2) is 32.2 Å². The van der Waals surface area contributed by atoms with Crippen LogP contribution in [0.3, 0.4) is 0 Å². The van der Waals surface area contributed by atoms with Crippen LogP contribution < -0.4 is 5.32 Å². The highest BCUT2D eigenvalue weighted by atomic mass is 19.4. The number of fused-ring (bicyclic) bond motifs is 1. The Morgan fingerprint density at radius 1 is 1.27 bits per heavy atom. The van der Waals surface area contributed by atoms with Gasteiger partial charge < -0.3 is 5.32 Å². The lowest BCUT2D eigenvalue weighted by atomic mass is 9.95. The average molecular weight is 367 g/mol. The molecule has 0 radical (unpaired) electrons. The maximum Gasteiger partial charge on any atom is 0.433 e. The Morgan fingerprint density at radius 2 is 2.00 bits per heavy atom. The highest BCUT2D eigenvalue weighted by Gasteiger charge is 2.33. The minimum atomic E-state index is -4.51. The number of hydrogen-bond acceptors (Lipinski definition) is 4. The summed E-state index contributed by atoms with van der Waals surface area (Å²) in [6.07, 6.45) is -0.612. The van der Waals surface area contributed by atoms with Crippen LogP contribution in [0.15, 0.2) is 6.07 Å². The third kappa shape index (κ3) is 3.86. The van der Waals surface area contributed by atoms with Gasteiger partial charge in [-0.05, 0) is 38.7 Å². The van der Waals surface area contributed by atoms with E-state index in [0.29, 0.717) is 5.69 Å². The van der Waals surface area contributed by atoms with Crippen molar-refractivity contribution in [3.05, 3.63) is 40.2 Å². The molecule has 1 N–H and O–H groups in total. The Bertz CT molecular complexity index is 829. The molecule has 1 amide bonds. The summed E-state index contributed by atoms with van der Waals surface area (Å²) in [5.74, 6) is -0.212. The van der Waals surface area contributed by atoms with Gasteiger partial charge in [0.15, 0.2) is 0 Å². The van der Waals surface area contributed by atoms with Crippen molar-refractivity contribution in [2.75, 3.05) is 6.54 Å². The number of aryl methyl sites for hydroxylation is 3. The third-order valence-electron chi connectivity index (χ3n) is 4.36. The van der Waals surface area contributed by atoms with Crippen molar-refractivity contribution >= 4 is 5.91 Å². The van der Waals surface area contributed by atoms with Crippen molar-refractivity contribution in [3.8, 4) is 0 Å². The standard InChI is InChI=1S/C17H20F3N5O/c1-10-9-13(17(18,19)20)23-14(22-10)7-8-21-16(26)15-11-5-3-4-6-12(11)24-25(15)2/h9H,3-8H2,1-2H3,(H,21,26). The van der Waals surface area contributed by atoms with Gasteiger partial charge in [0.1, 0.15) is 17.2 Å². The molecule has 1 aliphatic rings. The van der Waals surface area contributed by atoms with Crippen molar-refractivity contribution in [3.63, 3.8) is 0 Å². The fourth-order valence-corrected chi connectivity index (χ4v) is 3.22. The molecule has 2 aromatic rings. The normalized spacial score (nSPS) is 14.2. The first kappa shape index (κ1) is 18.3. The monoisotopic (exact) mass is 367 g/mol. The van der Waals surface area contributed by atoms with Gasteiger partial charge in [0.2, 0.25) is 0 Å². The van der Waals surface area contributed by atoms with E-state index in [9.17, 15) is 18.0 Å². The predicted molar refractivity (Wildman–Crippen MR) is 87.7 cm³/mol. The first-order valence-electron chi connectivity index (χ1n) is 8.50. The van der Waals surface area contributed by atoms with Gasteiger partial charge in [0, 0.05) is 31.3 Å². The van der Waals surface area contributed by atoms with E-state index in [1.54, 1.807) is 11.7 Å². The fourth-order valence-electron chi connectivity index (χ4n) is 3.22. The average Bonchev–Trinajstić information content (AvgIpc) is 2.89. The third-order valence-corrected chi connectivity index (χ3v) is 4.36. The van der Waals surface area contributed by atoms with Crippen molar-refractivity contribution in [2.45, 2.75) is 45.2 Å². The van der Waals surface area contributed by atoms with Crippen LogP contribution in [0.1, 0.15) is 51.8 Å². The van der Waals surface area contributed by atoms with Crippen LogP contribution in [0.4, 0.5) is 13.2 Å². The Labute approximate surface area is 148 Å². The molecule has 0 bridgehead atoms. The quantitative estimate of drug-likeness (QED) is 0.901. The van der Waals surface area contributed by atoms with Gasteiger partial charge in [-0.2, -0.15) is 18.3 Å². The lowest BCUT2D eigenvalue weighted by Gasteiger charge is -2.12. The summed E-state index contributed by atoms with van der Waals surface area (Å²) < 4.78 is 40.0. The number of nitrogens with zero attached hydrogens (tertiary/aromatic N) is 4. The van der Waals surface area contributed by atoms with E-state index in [2.05, 4.69) is 20.4 Å². The van der Waals surface area contributed by atoms with Gasteiger partial charge in [-0.3, -0.25) is 9.48 Å². The van der Waals surface area contributed by atoms with Crippen LogP contribution >= 0.6 is 0 Å². The number of nitrogens with one attached hydrogen (secondary N) is 1. The number of hydrogen-bond donors (Lipinski definition) is 1. The molecule has 0 saturated carbocycles. The van der Waals surface area contributed by atoms with Crippen molar-refractivity contribution in [2.24, 2.45) is 7.05 Å². The molecule has 2 aromatic heterocycles. The van der Waals surface area contributed by atoms with E-state index in [-0.39, 0.29) is 30.4 Å². The summed E-state index contributed by atoms with van der Waals surface area (Å²) in [5.41, 5.74) is 1.74. The lowest BCUT2D eigenvalue weighted by Crippen LogP contribution is -2.29. The van der Waals surface area contributed by atoms with Crippen molar-refractivity contribution < 1.29 is 18.0 Å². The SMILES string of the molecule is Cc1cc(C(F)(F)F)nc(CCNC(=O)c2c3c(nn2C)CCCC3)n1. The van der Waals surface area contributed by atoms with E-state index in [1.807, 2.05) is 0 Å². The molecule has 0 aromatic carbocycles. The molecule has 3 rings (SSSR count). The molecule has 9 heteroatoms. The summed E-state index contributed by atoms with van der Waals surface area (Å²) in [5, 5.41) is 7.14. The van der Waals surface area contributed by atoms with Gasteiger partial charge in [0.25, 0.3) is 5.91 Å². The van der Waals surface area contributed by atoms with E-state index >= 15 is 0 Å². The van der Waals surface area contributed by atoms with E-state index in [0.717, 1.165) is 43.0 Å². The van der Waals surface area contributed by atoms with Crippen molar-refractivity contribution in [1.82, 2.24) is 25.1 Å². The van der Waals surface area contributed by atoms with Crippen LogP contribution in [0.2, 0.25) is 0 Å². The van der Waals surface area contributed by atoms with Crippen LogP contribution in [0.5, 0.6) is 0 Å². The Morgan fingerprint density at radius 3 is 2.73 bits per heavy atom. The summed E-state index contributed by atoms with van der Waals surface area (Å²) in [4.78, 5) is 20.1. The summed E-state index contributed by atoms with van der Waals surface area (Å²) in [7, 11) is 1.73.